The molecule has 0 unspecified atom stereocenters. The van der Waals surface area contributed by atoms with Gasteiger partial charge in [-0.25, -0.2) is 0 Å². The summed E-state index contributed by atoms with van der Waals surface area (Å²) in [7, 11) is -0.799. The Kier molecular flexibility index (Phi) is 3.33. The molecule has 0 saturated carbocycles. The van der Waals surface area contributed by atoms with Crippen molar-refractivity contribution in [1.82, 2.24) is 0 Å². The SMILES string of the molecule is CC1(C)COB(c2ccc(C(F)(F)F)cc2C#N)O1. The maximum atomic E-state index is 12.6. The lowest BCUT2D eigenvalue weighted by atomic mass is 9.75. The van der Waals surface area contributed by atoms with Gasteiger partial charge in [0.15, 0.2) is 0 Å². The van der Waals surface area contributed by atoms with Crippen LogP contribution < -0.4 is 5.46 Å². The summed E-state index contributed by atoms with van der Waals surface area (Å²) in [6.45, 7) is 3.94. The van der Waals surface area contributed by atoms with Gasteiger partial charge in [0.1, 0.15) is 0 Å². The van der Waals surface area contributed by atoms with E-state index >= 15 is 0 Å². The number of nitriles is 1. The van der Waals surface area contributed by atoms with E-state index < -0.39 is 24.5 Å². The van der Waals surface area contributed by atoms with Crippen LogP contribution in [0, 0.1) is 11.3 Å². The predicted molar refractivity (Wildman–Crippen MR) is 62.7 cm³/mol. The third-order valence-electron chi connectivity index (χ3n) is 2.76. The molecule has 1 saturated heterocycles. The average molecular weight is 269 g/mol. The molecular weight excluding hydrogens is 258 g/mol. The van der Waals surface area contributed by atoms with Gasteiger partial charge in [-0.2, -0.15) is 18.4 Å². The molecule has 100 valence electrons. The largest absolute Gasteiger partial charge is 0.495 e. The fourth-order valence-corrected chi connectivity index (χ4v) is 1.82. The minimum atomic E-state index is -4.47. The molecule has 1 fully saturated rings. The van der Waals surface area contributed by atoms with Crippen molar-refractivity contribution in [1.29, 1.82) is 5.26 Å². The highest BCUT2D eigenvalue weighted by atomic mass is 19.4. The molecule has 0 aliphatic carbocycles. The maximum Gasteiger partial charge on any atom is 0.495 e. The number of hydrogen-bond acceptors (Lipinski definition) is 3. The lowest BCUT2D eigenvalue weighted by Gasteiger charge is -2.16. The van der Waals surface area contributed by atoms with Crippen LogP contribution in [0.2, 0.25) is 0 Å². The number of nitrogens with zero attached hydrogens (tertiary/aromatic N) is 1. The average Bonchev–Trinajstić information content (AvgIpc) is 2.67. The lowest BCUT2D eigenvalue weighted by Crippen LogP contribution is -2.36. The minimum Gasteiger partial charge on any atom is -0.404 e. The Morgan fingerprint density at radius 3 is 2.53 bits per heavy atom. The number of rotatable bonds is 1. The highest BCUT2D eigenvalue weighted by Gasteiger charge is 2.40. The zero-order chi connectivity index (χ0) is 14.3. The van der Waals surface area contributed by atoms with Gasteiger partial charge in [-0.1, -0.05) is 12.1 Å². The third kappa shape index (κ3) is 2.91. The first-order valence-electron chi connectivity index (χ1n) is 5.64. The molecule has 1 aromatic carbocycles. The summed E-state index contributed by atoms with van der Waals surface area (Å²) in [6.07, 6.45) is -4.47. The Morgan fingerprint density at radius 2 is 2.05 bits per heavy atom. The first-order valence-corrected chi connectivity index (χ1v) is 5.64. The van der Waals surface area contributed by atoms with E-state index in [1.54, 1.807) is 6.07 Å². The molecule has 3 nitrogen and oxygen atoms in total. The topological polar surface area (TPSA) is 42.2 Å². The van der Waals surface area contributed by atoms with Crippen molar-refractivity contribution in [3.63, 3.8) is 0 Å². The van der Waals surface area contributed by atoms with Crippen LogP contribution in [0.25, 0.3) is 0 Å². The van der Waals surface area contributed by atoms with Crippen LogP contribution in [0.1, 0.15) is 25.0 Å². The Balaban J connectivity index is 2.36. The molecule has 2 rings (SSSR count). The second-order valence-electron chi connectivity index (χ2n) is 4.93. The molecule has 0 N–H and O–H groups in total. The van der Waals surface area contributed by atoms with E-state index in [1.807, 2.05) is 13.8 Å². The summed E-state index contributed by atoms with van der Waals surface area (Å²) in [5.41, 5.74) is -1.14. The molecular formula is C12H11BF3NO2. The van der Waals surface area contributed by atoms with Gasteiger partial charge in [-0.3, -0.25) is 0 Å². The molecule has 1 aliphatic rings. The van der Waals surface area contributed by atoms with Gasteiger partial charge >= 0.3 is 13.3 Å². The number of alkyl halides is 3. The Hall–Kier alpha value is -1.52. The van der Waals surface area contributed by atoms with E-state index in [2.05, 4.69) is 0 Å². The third-order valence-corrected chi connectivity index (χ3v) is 2.76. The number of benzene rings is 1. The molecule has 0 aromatic heterocycles. The van der Waals surface area contributed by atoms with Crippen molar-refractivity contribution < 1.29 is 22.5 Å². The molecule has 7 heteroatoms. The second kappa shape index (κ2) is 4.55. The molecule has 0 bridgehead atoms. The van der Waals surface area contributed by atoms with Crippen molar-refractivity contribution in [3.8, 4) is 6.07 Å². The molecule has 0 amide bonds. The van der Waals surface area contributed by atoms with Crippen LogP contribution in [0.5, 0.6) is 0 Å². The molecule has 19 heavy (non-hydrogen) atoms. The molecule has 1 aromatic rings. The van der Waals surface area contributed by atoms with Crippen molar-refractivity contribution in [2.45, 2.75) is 25.6 Å². The van der Waals surface area contributed by atoms with Crippen molar-refractivity contribution >= 4 is 12.6 Å². The first-order chi connectivity index (χ1) is 8.73. The predicted octanol–water partition coefficient (Wildman–Crippen LogP) is 2.10. The lowest BCUT2D eigenvalue weighted by molar-refractivity contribution is -0.137. The van der Waals surface area contributed by atoms with E-state index in [0.29, 0.717) is 12.1 Å². The van der Waals surface area contributed by atoms with Crippen molar-refractivity contribution in [3.05, 3.63) is 29.3 Å². The standard InChI is InChI=1S/C12H11BF3NO2/c1-11(2)7-18-13(19-11)10-4-3-9(12(14,15)16)5-8(10)6-17/h3-5H,7H2,1-2H3. The normalized spacial score (nSPS) is 18.4. The van der Waals surface area contributed by atoms with E-state index in [-0.39, 0.29) is 5.56 Å². The minimum absolute atomic E-state index is 0.0856. The maximum absolute atomic E-state index is 12.6. The molecule has 1 aliphatic heterocycles. The van der Waals surface area contributed by atoms with Gasteiger partial charge in [-0.15, -0.1) is 0 Å². The van der Waals surface area contributed by atoms with Crippen LogP contribution in [0.3, 0.4) is 0 Å². The van der Waals surface area contributed by atoms with Crippen molar-refractivity contribution in [2.24, 2.45) is 0 Å². The Morgan fingerprint density at radius 1 is 1.37 bits per heavy atom. The van der Waals surface area contributed by atoms with Crippen LogP contribution in [-0.2, 0) is 15.5 Å². The zero-order valence-corrected chi connectivity index (χ0v) is 10.4. The summed E-state index contributed by atoms with van der Waals surface area (Å²) < 4.78 is 48.6. The van der Waals surface area contributed by atoms with Gasteiger partial charge in [0.25, 0.3) is 0 Å². The zero-order valence-electron chi connectivity index (χ0n) is 10.4. The Bertz CT molecular complexity index is 537. The molecule has 0 radical (unpaired) electrons. The van der Waals surface area contributed by atoms with E-state index in [0.717, 1.165) is 12.1 Å². The summed E-state index contributed by atoms with van der Waals surface area (Å²) in [5, 5.41) is 8.97. The highest BCUT2D eigenvalue weighted by molar-refractivity contribution is 6.62. The van der Waals surface area contributed by atoms with Crippen LogP contribution in [0.4, 0.5) is 13.2 Å². The number of halogens is 3. The number of hydrogen-bond donors (Lipinski definition) is 0. The summed E-state index contributed by atoms with van der Waals surface area (Å²) >= 11 is 0. The van der Waals surface area contributed by atoms with Gasteiger partial charge in [0, 0.05) is 5.46 Å². The molecule has 1 heterocycles. The summed E-state index contributed by atoms with van der Waals surface area (Å²) in [4.78, 5) is 0. The fraction of sp³-hybridized carbons (Fsp3) is 0.417. The van der Waals surface area contributed by atoms with Gasteiger partial charge in [0.2, 0.25) is 0 Å². The quantitative estimate of drug-likeness (QED) is 0.733. The highest BCUT2D eigenvalue weighted by Crippen LogP contribution is 2.29. The fourth-order valence-electron chi connectivity index (χ4n) is 1.82. The van der Waals surface area contributed by atoms with Crippen LogP contribution in [-0.4, -0.2) is 19.3 Å². The smallest absolute Gasteiger partial charge is 0.404 e. The molecule has 0 spiro atoms. The van der Waals surface area contributed by atoms with Gasteiger partial charge in [-0.05, 0) is 19.9 Å². The van der Waals surface area contributed by atoms with Crippen LogP contribution >= 0.6 is 0 Å². The van der Waals surface area contributed by atoms with Crippen molar-refractivity contribution in [2.75, 3.05) is 6.61 Å². The van der Waals surface area contributed by atoms with Gasteiger partial charge in [0.05, 0.1) is 29.4 Å². The summed E-state index contributed by atoms with van der Waals surface area (Å²) in [6, 6.07) is 4.72. The van der Waals surface area contributed by atoms with Crippen LogP contribution in [0.15, 0.2) is 18.2 Å². The van der Waals surface area contributed by atoms with E-state index in [9.17, 15) is 13.2 Å². The van der Waals surface area contributed by atoms with E-state index in [1.165, 1.54) is 6.07 Å². The Labute approximate surface area is 109 Å². The van der Waals surface area contributed by atoms with E-state index in [4.69, 9.17) is 14.6 Å². The summed E-state index contributed by atoms with van der Waals surface area (Å²) in [5.74, 6) is 0. The monoisotopic (exact) mass is 269 g/mol. The molecule has 0 atom stereocenters. The van der Waals surface area contributed by atoms with Gasteiger partial charge < -0.3 is 9.31 Å². The second-order valence-corrected chi connectivity index (χ2v) is 4.93. The first kappa shape index (κ1) is 13.9.